The Kier molecular flexibility index (Phi) is 4.24. The summed E-state index contributed by atoms with van der Waals surface area (Å²) in [6.07, 6.45) is 10.6. The summed E-state index contributed by atoms with van der Waals surface area (Å²) in [6.45, 7) is 5.71. The van der Waals surface area contributed by atoms with E-state index in [0.717, 1.165) is 24.3 Å². The molecule has 2 heterocycles. The van der Waals surface area contributed by atoms with Gasteiger partial charge in [-0.05, 0) is 56.3 Å². The molecule has 2 aliphatic rings. The van der Waals surface area contributed by atoms with Crippen LogP contribution in [0.25, 0.3) is 0 Å². The zero-order valence-corrected chi connectivity index (χ0v) is 11.9. The van der Waals surface area contributed by atoms with Gasteiger partial charge in [0.2, 0.25) is 0 Å². The summed E-state index contributed by atoms with van der Waals surface area (Å²) in [5, 5.41) is 3.46. The lowest BCUT2D eigenvalue weighted by Crippen LogP contribution is -2.41. The maximum absolute atomic E-state index is 5.31. The van der Waals surface area contributed by atoms with Crippen LogP contribution in [0.4, 0.5) is 0 Å². The molecular formula is C16H26N2O. The van der Waals surface area contributed by atoms with Crippen LogP contribution >= 0.6 is 0 Å². The van der Waals surface area contributed by atoms with Crippen molar-refractivity contribution in [1.82, 2.24) is 10.2 Å². The van der Waals surface area contributed by atoms with Gasteiger partial charge in [-0.2, -0.15) is 0 Å². The molecule has 0 radical (unpaired) electrons. The fraction of sp³-hybridized carbons (Fsp3) is 0.750. The third kappa shape index (κ3) is 3.40. The Morgan fingerprint density at radius 3 is 2.63 bits per heavy atom. The number of rotatable bonds is 5. The average molecular weight is 262 g/mol. The predicted molar refractivity (Wildman–Crippen MR) is 77.0 cm³/mol. The van der Waals surface area contributed by atoms with E-state index in [1.807, 2.05) is 12.1 Å². The van der Waals surface area contributed by atoms with Crippen LogP contribution in [-0.4, -0.2) is 31.1 Å². The summed E-state index contributed by atoms with van der Waals surface area (Å²) in [5.41, 5.74) is 0.748. The van der Waals surface area contributed by atoms with Crippen molar-refractivity contribution in [3.63, 3.8) is 0 Å². The van der Waals surface area contributed by atoms with Crippen molar-refractivity contribution in [1.29, 1.82) is 0 Å². The van der Waals surface area contributed by atoms with Gasteiger partial charge in [-0.3, -0.25) is 0 Å². The zero-order chi connectivity index (χ0) is 13.0. The van der Waals surface area contributed by atoms with Crippen LogP contribution in [0.3, 0.4) is 0 Å². The Morgan fingerprint density at radius 2 is 1.95 bits per heavy atom. The molecule has 3 heteroatoms. The van der Waals surface area contributed by atoms with E-state index in [9.17, 15) is 0 Å². The van der Waals surface area contributed by atoms with Gasteiger partial charge in [0.15, 0.2) is 0 Å². The van der Waals surface area contributed by atoms with Gasteiger partial charge in [-0.15, -0.1) is 0 Å². The fourth-order valence-corrected chi connectivity index (χ4v) is 3.74. The van der Waals surface area contributed by atoms with E-state index >= 15 is 0 Å². The van der Waals surface area contributed by atoms with E-state index in [2.05, 4.69) is 10.2 Å². The summed E-state index contributed by atoms with van der Waals surface area (Å²) in [5.74, 6) is 1.03. The Labute approximate surface area is 116 Å². The third-order valence-electron chi connectivity index (χ3n) is 5.07. The Bertz CT molecular complexity index is 358. The van der Waals surface area contributed by atoms with Crippen molar-refractivity contribution in [2.45, 2.75) is 45.1 Å². The summed E-state index contributed by atoms with van der Waals surface area (Å²) < 4.78 is 5.31. The fourth-order valence-electron chi connectivity index (χ4n) is 3.74. The molecule has 19 heavy (non-hydrogen) atoms. The number of hydrogen-bond acceptors (Lipinski definition) is 3. The molecule has 3 nitrogen and oxygen atoms in total. The topological polar surface area (TPSA) is 28.4 Å². The van der Waals surface area contributed by atoms with E-state index < -0.39 is 0 Å². The zero-order valence-electron chi connectivity index (χ0n) is 11.9. The smallest absolute Gasteiger partial charge is 0.117 e. The number of hydrogen-bond donors (Lipinski definition) is 1. The number of likely N-dealkylation sites (tertiary alicyclic amines) is 1. The molecule has 1 aliphatic carbocycles. The maximum Gasteiger partial charge on any atom is 0.117 e. The highest BCUT2D eigenvalue weighted by Crippen LogP contribution is 2.45. The van der Waals surface area contributed by atoms with Gasteiger partial charge in [0.1, 0.15) is 5.76 Å². The van der Waals surface area contributed by atoms with Crippen molar-refractivity contribution >= 4 is 0 Å². The van der Waals surface area contributed by atoms with E-state index in [-0.39, 0.29) is 0 Å². The number of nitrogens with one attached hydrogen (secondary N) is 1. The minimum Gasteiger partial charge on any atom is -0.468 e. The molecule has 1 aromatic heterocycles. The van der Waals surface area contributed by atoms with Crippen LogP contribution in [-0.2, 0) is 6.54 Å². The quantitative estimate of drug-likeness (QED) is 0.827. The molecule has 1 aromatic rings. The first-order chi connectivity index (χ1) is 9.36. The second-order valence-corrected chi connectivity index (χ2v) is 6.30. The lowest BCUT2D eigenvalue weighted by atomic mass is 9.77. The monoisotopic (exact) mass is 262 g/mol. The standard InChI is InChI=1S/C16H26N2O/c1-2-6-16(5-1)7-10-18(11-8-16)12-9-17-14-15-4-3-13-19-15/h3-4,13,17H,1-2,5-12,14H2. The molecular weight excluding hydrogens is 236 g/mol. The van der Waals surface area contributed by atoms with Gasteiger partial charge in [0.05, 0.1) is 12.8 Å². The van der Waals surface area contributed by atoms with Crippen molar-refractivity contribution in [3.8, 4) is 0 Å². The molecule has 0 unspecified atom stereocenters. The summed E-state index contributed by atoms with van der Waals surface area (Å²) in [4.78, 5) is 2.62. The van der Waals surface area contributed by atoms with Crippen LogP contribution in [0, 0.1) is 5.41 Å². The Morgan fingerprint density at radius 1 is 1.16 bits per heavy atom. The molecule has 0 aromatic carbocycles. The normalized spacial score (nSPS) is 23.2. The Balaban J connectivity index is 1.31. The molecule has 106 valence electrons. The van der Waals surface area contributed by atoms with Crippen molar-refractivity contribution in [2.24, 2.45) is 5.41 Å². The van der Waals surface area contributed by atoms with E-state index in [0.29, 0.717) is 0 Å². The van der Waals surface area contributed by atoms with Crippen LogP contribution in [0.15, 0.2) is 22.8 Å². The van der Waals surface area contributed by atoms with Crippen LogP contribution in [0.2, 0.25) is 0 Å². The molecule has 1 saturated heterocycles. The number of furan rings is 1. The van der Waals surface area contributed by atoms with Gasteiger partial charge in [0.25, 0.3) is 0 Å². The summed E-state index contributed by atoms with van der Waals surface area (Å²) in [7, 11) is 0. The van der Waals surface area contributed by atoms with Crippen molar-refractivity contribution in [3.05, 3.63) is 24.2 Å². The highest BCUT2D eigenvalue weighted by Gasteiger charge is 2.36. The maximum atomic E-state index is 5.31. The number of nitrogens with zero attached hydrogens (tertiary/aromatic N) is 1. The first-order valence-electron chi connectivity index (χ1n) is 7.82. The lowest BCUT2D eigenvalue weighted by molar-refractivity contribution is 0.109. The largest absolute Gasteiger partial charge is 0.468 e. The highest BCUT2D eigenvalue weighted by atomic mass is 16.3. The van der Waals surface area contributed by atoms with Gasteiger partial charge in [-0.1, -0.05) is 12.8 Å². The van der Waals surface area contributed by atoms with E-state index in [4.69, 9.17) is 4.42 Å². The molecule has 1 saturated carbocycles. The SMILES string of the molecule is c1coc(CNCCN2CCC3(CCCC3)CC2)c1. The van der Waals surface area contributed by atoms with Crippen LogP contribution in [0.1, 0.15) is 44.3 Å². The minimum atomic E-state index is 0.748. The van der Waals surface area contributed by atoms with E-state index in [1.54, 1.807) is 6.26 Å². The molecule has 0 amide bonds. The van der Waals surface area contributed by atoms with Gasteiger partial charge >= 0.3 is 0 Å². The van der Waals surface area contributed by atoms with Crippen LogP contribution < -0.4 is 5.32 Å². The third-order valence-corrected chi connectivity index (χ3v) is 5.07. The first-order valence-corrected chi connectivity index (χ1v) is 7.82. The number of piperidine rings is 1. The molecule has 0 atom stereocenters. The Hall–Kier alpha value is -0.800. The molecule has 1 aliphatic heterocycles. The van der Waals surface area contributed by atoms with Crippen molar-refractivity contribution < 1.29 is 4.42 Å². The average Bonchev–Trinajstić information content (AvgIpc) is 3.09. The summed E-state index contributed by atoms with van der Waals surface area (Å²) in [6, 6.07) is 3.97. The molecule has 1 N–H and O–H groups in total. The van der Waals surface area contributed by atoms with Crippen molar-refractivity contribution in [2.75, 3.05) is 26.2 Å². The lowest BCUT2D eigenvalue weighted by Gasteiger charge is -2.39. The first kappa shape index (κ1) is 13.2. The van der Waals surface area contributed by atoms with E-state index in [1.165, 1.54) is 58.2 Å². The highest BCUT2D eigenvalue weighted by molar-refractivity contribution is 4.97. The molecule has 0 bridgehead atoms. The summed E-state index contributed by atoms with van der Waals surface area (Å²) >= 11 is 0. The van der Waals surface area contributed by atoms with Crippen LogP contribution in [0.5, 0.6) is 0 Å². The van der Waals surface area contributed by atoms with Gasteiger partial charge in [0, 0.05) is 13.1 Å². The minimum absolute atomic E-state index is 0.748. The molecule has 3 rings (SSSR count). The second-order valence-electron chi connectivity index (χ2n) is 6.30. The second kappa shape index (κ2) is 6.10. The molecule has 2 fully saturated rings. The van der Waals surface area contributed by atoms with Gasteiger partial charge in [-0.25, -0.2) is 0 Å². The molecule has 1 spiro atoms. The predicted octanol–water partition coefficient (Wildman–Crippen LogP) is 3.03. The van der Waals surface area contributed by atoms with Gasteiger partial charge < -0.3 is 14.6 Å².